The van der Waals surface area contributed by atoms with E-state index in [0.717, 1.165) is 25.1 Å². The highest BCUT2D eigenvalue weighted by Crippen LogP contribution is 2.23. The molecule has 0 radical (unpaired) electrons. The Hall–Kier alpha value is -0.610. The van der Waals surface area contributed by atoms with E-state index in [2.05, 4.69) is 16.4 Å². The fourth-order valence-corrected chi connectivity index (χ4v) is 3.88. The molecule has 1 aromatic rings. The van der Waals surface area contributed by atoms with Crippen molar-refractivity contribution in [3.05, 3.63) is 24.0 Å². The van der Waals surface area contributed by atoms with Crippen molar-refractivity contribution in [3.8, 4) is 0 Å². The third kappa shape index (κ3) is 3.68. The zero-order valence-electron chi connectivity index (χ0n) is 10.4. The van der Waals surface area contributed by atoms with Crippen LogP contribution in [-0.2, 0) is 17.3 Å². The molecule has 0 spiro atoms. The van der Waals surface area contributed by atoms with E-state index in [4.69, 9.17) is 0 Å². The van der Waals surface area contributed by atoms with E-state index in [1.54, 1.807) is 0 Å². The Morgan fingerprint density at radius 1 is 1.53 bits per heavy atom. The Bertz CT molecular complexity index is 350. The maximum Gasteiger partial charge on any atom is 0.0362 e. The zero-order valence-corrected chi connectivity index (χ0v) is 11.3. The minimum Gasteiger partial charge on any atom is -0.367 e. The van der Waals surface area contributed by atoms with E-state index in [1.165, 1.54) is 18.4 Å². The maximum atomic E-state index is 11.8. The summed E-state index contributed by atoms with van der Waals surface area (Å²) in [5.41, 5.74) is 1.30. The lowest BCUT2D eigenvalue weighted by molar-refractivity contribution is 0.376. The van der Waals surface area contributed by atoms with E-state index >= 15 is 0 Å². The highest BCUT2D eigenvalue weighted by atomic mass is 32.2. The third-order valence-electron chi connectivity index (χ3n) is 3.54. The second-order valence-electron chi connectivity index (χ2n) is 4.76. The van der Waals surface area contributed by atoms with E-state index in [9.17, 15) is 4.21 Å². The Labute approximate surface area is 106 Å². The van der Waals surface area contributed by atoms with Crippen LogP contribution in [0.2, 0.25) is 0 Å². The van der Waals surface area contributed by atoms with Crippen molar-refractivity contribution in [2.45, 2.75) is 50.4 Å². The molecule has 1 aliphatic rings. The van der Waals surface area contributed by atoms with Gasteiger partial charge in [0.25, 0.3) is 0 Å². The number of aromatic amines is 1. The van der Waals surface area contributed by atoms with Gasteiger partial charge in [0.15, 0.2) is 0 Å². The number of rotatable bonds is 5. The predicted octanol–water partition coefficient (Wildman–Crippen LogP) is 2.18. The maximum absolute atomic E-state index is 11.8. The second-order valence-corrected chi connectivity index (χ2v) is 6.76. The van der Waals surface area contributed by atoms with Crippen molar-refractivity contribution >= 4 is 10.8 Å². The Balaban J connectivity index is 1.79. The van der Waals surface area contributed by atoms with E-state index in [1.807, 2.05) is 19.3 Å². The number of aromatic nitrogens is 1. The summed E-state index contributed by atoms with van der Waals surface area (Å²) in [6.07, 6.45) is 8.63. The molecule has 1 saturated carbocycles. The van der Waals surface area contributed by atoms with Gasteiger partial charge in [0.1, 0.15) is 0 Å². The van der Waals surface area contributed by atoms with Crippen LogP contribution >= 0.6 is 0 Å². The number of hydrogen-bond acceptors (Lipinski definition) is 2. The Morgan fingerprint density at radius 3 is 3.12 bits per heavy atom. The standard InChI is InChI=1S/C13H22N2OS/c1-2-17(16)13-5-3-4-12(8-13)15-10-11-6-7-14-9-11/h6-7,9,12-15H,2-5,8,10H2,1H3/t12-,13+,17+/m1/s1. The van der Waals surface area contributed by atoms with Gasteiger partial charge in [0.05, 0.1) is 0 Å². The summed E-state index contributed by atoms with van der Waals surface area (Å²) in [7, 11) is -0.621. The van der Waals surface area contributed by atoms with Crippen molar-refractivity contribution in [3.63, 3.8) is 0 Å². The average Bonchev–Trinajstić information content (AvgIpc) is 2.89. The van der Waals surface area contributed by atoms with Crippen LogP contribution in [0, 0.1) is 0 Å². The third-order valence-corrected chi connectivity index (χ3v) is 5.28. The molecule has 1 fully saturated rings. The van der Waals surface area contributed by atoms with E-state index in [0.29, 0.717) is 11.3 Å². The Morgan fingerprint density at radius 2 is 2.41 bits per heavy atom. The van der Waals surface area contributed by atoms with Gasteiger partial charge in [0.2, 0.25) is 0 Å². The molecule has 1 heterocycles. The van der Waals surface area contributed by atoms with Crippen LogP contribution in [0.15, 0.2) is 18.5 Å². The molecule has 4 heteroatoms. The second kappa shape index (κ2) is 6.36. The molecule has 3 nitrogen and oxygen atoms in total. The summed E-state index contributed by atoms with van der Waals surface area (Å²) in [6, 6.07) is 2.64. The van der Waals surface area contributed by atoms with Crippen molar-refractivity contribution < 1.29 is 4.21 Å². The summed E-state index contributed by atoms with van der Waals surface area (Å²) in [4.78, 5) is 3.06. The van der Waals surface area contributed by atoms with Crippen LogP contribution in [0.5, 0.6) is 0 Å². The molecule has 0 unspecified atom stereocenters. The SMILES string of the molecule is CC[S@](=O)[C@H]1CCC[C@@H](NCc2cc[nH]c2)C1. The average molecular weight is 254 g/mol. The first-order valence-corrected chi connectivity index (χ1v) is 7.90. The van der Waals surface area contributed by atoms with Crippen LogP contribution < -0.4 is 5.32 Å². The summed E-state index contributed by atoms with van der Waals surface area (Å²) in [5, 5.41) is 3.99. The molecule has 96 valence electrons. The quantitative estimate of drug-likeness (QED) is 0.846. The van der Waals surface area contributed by atoms with Crippen LogP contribution in [0.3, 0.4) is 0 Å². The minimum absolute atomic E-state index is 0.414. The molecular formula is C13H22N2OS. The van der Waals surface area contributed by atoms with Gasteiger partial charge in [-0.3, -0.25) is 4.21 Å². The molecule has 1 aromatic heterocycles. The summed E-state index contributed by atoms with van der Waals surface area (Å²) in [6.45, 7) is 2.94. The fourth-order valence-electron chi connectivity index (χ4n) is 2.54. The lowest BCUT2D eigenvalue weighted by Crippen LogP contribution is -2.37. The van der Waals surface area contributed by atoms with Gasteiger partial charge in [-0.25, -0.2) is 0 Å². The largest absolute Gasteiger partial charge is 0.367 e. The van der Waals surface area contributed by atoms with Crippen molar-refractivity contribution in [1.29, 1.82) is 0 Å². The molecule has 0 saturated heterocycles. The highest BCUT2D eigenvalue weighted by Gasteiger charge is 2.24. The highest BCUT2D eigenvalue weighted by molar-refractivity contribution is 7.85. The predicted molar refractivity (Wildman–Crippen MR) is 72.4 cm³/mol. The summed E-state index contributed by atoms with van der Waals surface area (Å²) >= 11 is 0. The van der Waals surface area contributed by atoms with Gasteiger partial charge in [-0.2, -0.15) is 0 Å². The molecule has 0 amide bonds. The molecule has 0 aromatic carbocycles. The van der Waals surface area contributed by atoms with Crippen molar-refractivity contribution in [2.75, 3.05) is 5.75 Å². The molecule has 1 aliphatic carbocycles. The summed E-state index contributed by atoms with van der Waals surface area (Å²) in [5.74, 6) is 0.801. The van der Waals surface area contributed by atoms with Gasteiger partial charge >= 0.3 is 0 Å². The zero-order chi connectivity index (χ0) is 12.1. The first-order chi connectivity index (χ1) is 8.29. The van der Waals surface area contributed by atoms with Crippen LogP contribution in [0.1, 0.15) is 38.2 Å². The number of H-pyrrole nitrogens is 1. The first kappa shape index (κ1) is 12.8. The van der Waals surface area contributed by atoms with Crippen molar-refractivity contribution in [1.82, 2.24) is 10.3 Å². The van der Waals surface area contributed by atoms with Crippen molar-refractivity contribution in [2.24, 2.45) is 0 Å². The van der Waals surface area contributed by atoms with Crippen LogP contribution in [0.25, 0.3) is 0 Å². The van der Waals surface area contributed by atoms with E-state index < -0.39 is 10.8 Å². The lowest BCUT2D eigenvalue weighted by Gasteiger charge is -2.29. The normalized spacial score (nSPS) is 26.9. The van der Waals surface area contributed by atoms with E-state index in [-0.39, 0.29) is 0 Å². The minimum atomic E-state index is -0.621. The smallest absolute Gasteiger partial charge is 0.0362 e. The van der Waals surface area contributed by atoms with Crippen LogP contribution in [0.4, 0.5) is 0 Å². The molecular weight excluding hydrogens is 232 g/mol. The monoisotopic (exact) mass is 254 g/mol. The number of nitrogens with one attached hydrogen (secondary N) is 2. The fraction of sp³-hybridized carbons (Fsp3) is 0.692. The topological polar surface area (TPSA) is 44.9 Å². The summed E-state index contributed by atoms with van der Waals surface area (Å²) < 4.78 is 11.8. The number of hydrogen-bond donors (Lipinski definition) is 2. The molecule has 2 N–H and O–H groups in total. The van der Waals surface area contributed by atoms with Gasteiger partial charge in [-0.05, 0) is 30.9 Å². The molecule has 0 bridgehead atoms. The lowest BCUT2D eigenvalue weighted by atomic mass is 9.95. The van der Waals surface area contributed by atoms with Gasteiger partial charge < -0.3 is 10.3 Å². The molecule has 2 rings (SSSR count). The van der Waals surface area contributed by atoms with Gasteiger partial charge in [-0.1, -0.05) is 13.3 Å². The first-order valence-electron chi connectivity index (χ1n) is 6.51. The molecule has 0 aliphatic heterocycles. The van der Waals surface area contributed by atoms with Gasteiger partial charge in [0, 0.05) is 46.8 Å². The molecule has 17 heavy (non-hydrogen) atoms. The van der Waals surface area contributed by atoms with Crippen LogP contribution in [-0.4, -0.2) is 26.2 Å². The molecule has 3 atom stereocenters. The Kier molecular flexibility index (Phi) is 4.80. The van der Waals surface area contributed by atoms with Gasteiger partial charge in [-0.15, -0.1) is 0 Å².